The van der Waals surface area contributed by atoms with Crippen molar-refractivity contribution in [3.8, 4) is 0 Å². The summed E-state index contributed by atoms with van der Waals surface area (Å²) in [6, 6.07) is -0.321. The molecule has 1 saturated heterocycles. The number of nitrogens with zero attached hydrogens (tertiary/aromatic N) is 4. The van der Waals surface area contributed by atoms with E-state index in [-0.39, 0.29) is 30.9 Å². The Bertz CT molecular complexity index is 852. The molecule has 0 spiro atoms. The van der Waals surface area contributed by atoms with Gasteiger partial charge >= 0.3 is 0 Å². The van der Waals surface area contributed by atoms with Gasteiger partial charge in [0, 0.05) is 32.0 Å². The van der Waals surface area contributed by atoms with Crippen LogP contribution in [0, 0.1) is 0 Å². The maximum atomic E-state index is 12.2. The zero-order valence-corrected chi connectivity index (χ0v) is 15.7. The van der Waals surface area contributed by atoms with Crippen LogP contribution in [0.3, 0.4) is 0 Å². The van der Waals surface area contributed by atoms with Crippen molar-refractivity contribution in [2.24, 2.45) is 0 Å². The molecular weight excluding hydrogens is 368 g/mol. The molecule has 1 aliphatic heterocycles. The predicted molar refractivity (Wildman–Crippen MR) is 88.8 cm³/mol. The van der Waals surface area contributed by atoms with Crippen LogP contribution in [0.2, 0.25) is 0 Å². The number of hydrogen-bond acceptors (Lipinski definition) is 7. The molecule has 0 amide bonds. The second-order valence-electron chi connectivity index (χ2n) is 7.16. The maximum Gasteiger partial charge on any atom is 0.229 e. The Balaban J connectivity index is 1.37. The van der Waals surface area contributed by atoms with Gasteiger partial charge in [0.25, 0.3) is 0 Å². The van der Waals surface area contributed by atoms with Crippen molar-refractivity contribution in [3.05, 3.63) is 11.7 Å². The molecule has 0 aromatic carbocycles. The minimum atomic E-state index is -3.44. The van der Waals surface area contributed by atoms with E-state index in [1.807, 2.05) is 0 Å². The van der Waals surface area contributed by atoms with E-state index in [0.717, 1.165) is 19.1 Å². The molecule has 11 heteroatoms. The zero-order chi connectivity index (χ0) is 17.8. The predicted octanol–water partition coefficient (Wildman–Crippen LogP) is -0.0725. The molecule has 1 aromatic heterocycles. The Morgan fingerprint density at radius 3 is 2.40 bits per heavy atom. The highest BCUT2D eigenvalue weighted by atomic mass is 32.2. The molecule has 0 radical (unpaired) electrons. The average molecular weight is 390 g/mol. The monoisotopic (exact) mass is 390 g/mol. The number of rotatable bonds is 8. The number of aromatic nitrogens is 2. The highest BCUT2D eigenvalue weighted by Crippen LogP contribution is 2.39. The molecule has 3 aliphatic rings. The van der Waals surface area contributed by atoms with E-state index >= 15 is 0 Å². The van der Waals surface area contributed by atoms with Crippen LogP contribution in [0.25, 0.3) is 0 Å². The lowest BCUT2D eigenvalue weighted by Gasteiger charge is -2.43. The van der Waals surface area contributed by atoms with Crippen molar-refractivity contribution in [2.75, 3.05) is 25.9 Å². The molecule has 9 nitrogen and oxygen atoms in total. The van der Waals surface area contributed by atoms with E-state index in [0.29, 0.717) is 36.9 Å². The summed E-state index contributed by atoms with van der Waals surface area (Å²) in [5, 5.41) is 3.64. The van der Waals surface area contributed by atoms with Crippen LogP contribution in [0.5, 0.6) is 0 Å². The summed E-state index contributed by atoms with van der Waals surface area (Å²) >= 11 is 0. The van der Waals surface area contributed by atoms with Crippen molar-refractivity contribution < 1.29 is 21.4 Å². The normalized spacial score (nSPS) is 23.1. The molecule has 25 heavy (non-hydrogen) atoms. The summed E-state index contributed by atoms with van der Waals surface area (Å²) in [7, 11) is -6.68. The fraction of sp³-hybridized carbons (Fsp3) is 0.857. The Labute approximate surface area is 147 Å². The summed E-state index contributed by atoms with van der Waals surface area (Å²) < 4.78 is 56.5. The van der Waals surface area contributed by atoms with Crippen molar-refractivity contribution >= 4 is 20.0 Å². The average Bonchev–Trinajstić information content (AvgIpc) is 3.37. The first kappa shape index (κ1) is 17.4. The summed E-state index contributed by atoms with van der Waals surface area (Å²) in [6.07, 6.45) is 5.04. The lowest BCUT2D eigenvalue weighted by atomic mass is 10.2. The molecule has 2 saturated carbocycles. The van der Waals surface area contributed by atoms with Gasteiger partial charge in [-0.1, -0.05) is 5.16 Å². The molecule has 0 unspecified atom stereocenters. The molecule has 0 N–H and O–H groups in total. The second kappa shape index (κ2) is 6.00. The molecule has 0 bridgehead atoms. The molecule has 2 aliphatic carbocycles. The molecule has 1 aromatic rings. The minimum Gasteiger partial charge on any atom is -0.339 e. The van der Waals surface area contributed by atoms with Gasteiger partial charge in [0.15, 0.2) is 5.82 Å². The van der Waals surface area contributed by atoms with Crippen LogP contribution >= 0.6 is 0 Å². The third-order valence-corrected chi connectivity index (χ3v) is 8.60. The van der Waals surface area contributed by atoms with E-state index in [2.05, 4.69) is 10.1 Å². The fourth-order valence-corrected chi connectivity index (χ4v) is 6.09. The van der Waals surface area contributed by atoms with Gasteiger partial charge in [-0.05, 0) is 25.7 Å². The van der Waals surface area contributed by atoms with Gasteiger partial charge in [0.05, 0.1) is 17.5 Å². The van der Waals surface area contributed by atoms with Crippen LogP contribution in [-0.4, -0.2) is 72.8 Å². The molecule has 4 rings (SSSR count). The quantitative estimate of drug-likeness (QED) is 0.610. The largest absolute Gasteiger partial charge is 0.339 e. The Kier molecular flexibility index (Phi) is 4.17. The molecule has 0 atom stereocenters. The Hall–Kier alpha value is -1.04. The van der Waals surface area contributed by atoms with Crippen molar-refractivity contribution in [2.45, 2.75) is 49.3 Å². The van der Waals surface area contributed by atoms with Gasteiger partial charge in [-0.3, -0.25) is 0 Å². The van der Waals surface area contributed by atoms with Gasteiger partial charge in [-0.2, -0.15) is 13.6 Å². The second-order valence-corrected chi connectivity index (χ2v) is 11.3. The number of sulfonamides is 2. The molecular formula is C14H22N4O5S2. The first-order valence-electron chi connectivity index (χ1n) is 8.53. The van der Waals surface area contributed by atoms with Crippen LogP contribution in [0.4, 0.5) is 0 Å². The topological polar surface area (TPSA) is 114 Å². The van der Waals surface area contributed by atoms with Crippen LogP contribution in [-0.2, 0) is 26.5 Å². The van der Waals surface area contributed by atoms with E-state index < -0.39 is 20.0 Å². The highest BCUT2D eigenvalue weighted by Gasteiger charge is 2.47. The van der Waals surface area contributed by atoms with Crippen molar-refractivity contribution in [1.82, 2.24) is 18.8 Å². The lowest BCUT2D eigenvalue weighted by Crippen LogP contribution is -2.62. The first-order valence-corrected chi connectivity index (χ1v) is 11.9. The molecule has 140 valence electrons. The Morgan fingerprint density at radius 2 is 1.84 bits per heavy atom. The lowest BCUT2D eigenvalue weighted by molar-refractivity contribution is 0.155. The van der Waals surface area contributed by atoms with E-state index in [4.69, 9.17) is 4.52 Å². The fourth-order valence-electron chi connectivity index (χ4n) is 3.08. The SMILES string of the molecule is CS(=O)(=O)N(CCc1noc(C2CC2)n1)C1CN(S(=O)(=O)C2CC2)C1. The summed E-state index contributed by atoms with van der Waals surface area (Å²) in [6.45, 7) is 0.682. The van der Waals surface area contributed by atoms with Crippen LogP contribution in [0.1, 0.15) is 43.3 Å². The first-order chi connectivity index (χ1) is 11.7. The van der Waals surface area contributed by atoms with E-state index in [9.17, 15) is 16.8 Å². The highest BCUT2D eigenvalue weighted by molar-refractivity contribution is 7.90. The van der Waals surface area contributed by atoms with E-state index in [1.54, 1.807) is 0 Å². The summed E-state index contributed by atoms with van der Waals surface area (Å²) in [5.74, 6) is 1.49. The smallest absolute Gasteiger partial charge is 0.229 e. The Morgan fingerprint density at radius 1 is 1.16 bits per heavy atom. The van der Waals surface area contributed by atoms with Crippen molar-refractivity contribution in [1.29, 1.82) is 0 Å². The van der Waals surface area contributed by atoms with E-state index in [1.165, 1.54) is 8.61 Å². The minimum absolute atomic E-state index is 0.227. The third kappa shape index (κ3) is 3.60. The van der Waals surface area contributed by atoms with Gasteiger partial charge < -0.3 is 4.52 Å². The number of hydrogen-bond donors (Lipinski definition) is 0. The van der Waals surface area contributed by atoms with Gasteiger partial charge in [0.1, 0.15) is 0 Å². The van der Waals surface area contributed by atoms with Gasteiger partial charge in [-0.15, -0.1) is 0 Å². The van der Waals surface area contributed by atoms with Crippen LogP contribution < -0.4 is 0 Å². The maximum absolute atomic E-state index is 12.2. The third-order valence-electron chi connectivity index (χ3n) is 4.93. The standard InChI is InChI=1S/C14H22N4O5S2/c1-24(19,20)18(7-6-13-15-14(23-16-13)10-2-3-10)11-8-17(9-11)25(21,22)12-4-5-12/h10-12H,2-9H2,1H3. The molecule has 2 heterocycles. The molecule has 3 fully saturated rings. The van der Waals surface area contributed by atoms with Crippen LogP contribution in [0.15, 0.2) is 4.52 Å². The van der Waals surface area contributed by atoms with Crippen molar-refractivity contribution in [3.63, 3.8) is 0 Å². The summed E-state index contributed by atoms with van der Waals surface area (Å²) in [5.41, 5.74) is 0. The zero-order valence-electron chi connectivity index (χ0n) is 14.0. The van der Waals surface area contributed by atoms with Gasteiger partial charge in [-0.25, -0.2) is 16.8 Å². The van der Waals surface area contributed by atoms with Gasteiger partial charge in [0.2, 0.25) is 25.9 Å². The summed E-state index contributed by atoms with van der Waals surface area (Å²) in [4.78, 5) is 4.31.